The maximum Gasteiger partial charge on any atom is 0.282 e. The van der Waals surface area contributed by atoms with E-state index in [4.69, 9.17) is 0 Å². The van der Waals surface area contributed by atoms with Crippen molar-refractivity contribution in [3.8, 4) is 11.4 Å². The first-order chi connectivity index (χ1) is 14.5. The number of amides is 1. The Morgan fingerprint density at radius 3 is 2.50 bits per heavy atom. The number of aryl methyl sites for hydroxylation is 1. The van der Waals surface area contributed by atoms with E-state index in [2.05, 4.69) is 10.3 Å². The Morgan fingerprint density at radius 1 is 1.10 bits per heavy atom. The van der Waals surface area contributed by atoms with Gasteiger partial charge < -0.3 is 9.88 Å². The number of rotatable bonds is 5. The number of nitrogens with zero attached hydrogens (tertiary/aromatic N) is 3. The van der Waals surface area contributed by atoms with Gasteiger partial charge in [-0.25, -0.2) is 4.98 Å². The van der Waals surface area contributed by atoms with Crippen LogP contribution in [0.3, 0.4) is 0 Å². The van der Waals surface area contributed by atoms with E-state index in [-0.39, 0.29) is 11.3 Å². The van der Waals surface area contributed by atoms with Crippen molar-refractivity contribution in [1.29, 1.82) is 0 Å². The second-order valence-corrected chi connectivity index (χ2v) is 7.53. The van der Waals surface area contributed by atoms with Gasteiger partial charge in [-0.3, -0.25) is 14.9 Å². The van der Waals surface area contributed by atoms with E-state index < -0.39 is 10.8 Å². The van der Waals surface area contributed by atoms with E-state index in [1.54, 1.807) is 18.2 Å². The SMILES string of the molecule is CSc1ccc([N+](=O)[O-])c(C(=O)Nc2ccc(-c3nc4ccccc4n3C)cc2)c1. The van der Waals surface area contributed by atoms with E-state index >= 15 is 0 Å². The highest BCUT2D eigenvalue weighted by atomic mass is 32.2. The van der Waals surface area contributed by atoms with Crippen molar-refractivity contribution in [2.75, 3.05) is 11.6 Å². The molecule has 0 atom stereocenters. The number of hydrogen-bond donors (Lipinski definition) is 1. The fraction of sp³-hybridized carbons (Fsp3) is 0.0909. The number of imidazole rings is 1. The molecule has 0 unspecified atom stereocenters. The lowest BCUT2D eigenvalue weighted by Crippen LogP contribution is -2.14. The summed E-state index contributed by atoms with van der Waals surface area (Å²) in [5.74, 6) is 0.297. The van der Waals surface area contributed by atoms with Gasteiger partial charge in [0.1, 0.15) is 11.4 Å². The average molecular weight is 418 g/mol. The van der Waals surface area contributed by atoms with Gasteiger partial charge in [-0.2, -0.15) is 0 Å². The van der Waals surface area contributed by atoms with Crippen LogP contribution in [-0.4, -0.2) is 26.6 Å². The molecule has 0 radical (unpaired) electrons. The van der Waals surface area contributed by atoms with Crippen LogP contribution in [0.25, 0.3) is 22.4 Å². The Hall–Kier alpha value is -3.65. The fourth-order valence-electron chi connectivity index (χ4n) is 3.29. The summed E-state index contributed by atoms with van der Waals surface area (Å²) in [4.78, 5) is 28.9. The molecule has 1 N–H and O–H groups in total. The van der Waals surface area contributed by atoms with Gasteiger partial charge in [0.2, 0.25) is 0 Å². The highest BCUT2D eigenvalue weighted by Crippen LogP contribution is 2.27. The highest BCUT2D eigenvalue weighted by molar-refractivity contribution is 7.98. The molecular formula is C22H18N4O3S. The molecule has 0 saturated heterocycles. The van der Waals surface area contributed by atoms with E-state index in [0.29, 0.717) is 5.69 Å². The van der Waals surface area contributed by atoms with Crippen LogP contribution >= 0.6 is 11.8 Å². The summed E-state index contributed by atoms with van der Waals surface area (Å²) >= 11 is 1.42. The van der Waals surface area contributed by atoms with Crippen LogP contribution in [0.5, 0.6) is 0 Å². The lowest BCUT2D eigenvalue weighted by atomic mass is 10.1. The number of carbonyl (C=O) groups excluding carboxylic acids is 1. The topological polar surface area (TPSA) is 90.1 Å². The molecule has 0 bridgehead atoms. The number of aromatic nitrogens is 2. The number of carbonyl (C=O) groups is 1. The van der Waals surface area contributed by atoms with Crippen molar-refractivity contribution in [1.82, 2.24) is 9.55 Å². The Kier molecular flexibility index (Phi) is 5.24. The minimum atomic E-state index is -0.548. The quantitative estimate of drug-likeness (QED) is 0.276. The van der Waals surface area contributed by atoms with E-state index in [1.807, 2.05) is 54.3 Å². The van der Waals surface area contributed by atoms with Crippen LogP contribution in [-0.2, 0) is 7.05 Å². The van der Waals surface area contributed by atoms with Gasteiger partial charge in [0.15, 0.2) is 0 Å². The second-order valence-electron chi connectivity index (χ2n) is 6.65. The molecule has 0 aliphatic rings. The minimum Gasteiger partial charge on any atom is -0.327 e. The van der Waals surface area contributed by atoms with Crippen LogP contribution in [0.4, 0.5) is 11.4 Å². The molecule has 0 aliphatic carbocycles. The maximum absolute atomic E-state index is 12.7. The normalized spacial score (nSPS) is 10.9. The van der Waals surface area contributed by atoms with Crippen molar-refractivity contribution >= 4 is 40.1 Å². The molecular weight excluding hydrogens is 400 g/mol. The molecule has 0 spiro atoms. The first kappa shape index (κ1) is 19.7. The van der Waals surface area contributed by atoms with Crippen LogP contribution in [0.15, 0.2) is 71.6 Å². The Balaban J connectivity index is 1.60. The van der Waals surface area contributed by atoms with Crippen molar-refractivity contribution in [3.05, 3.63) is 82.4 Å². The van der Waals surface area contributed by atoms with E-state index in [9.17, 15) is 14.9 Å². The molecule has 0 fully saturated rings. The first-order valence-electron chi connectivity index (χ1n) is 9.13. The predicted molar refractivity (Wildman–Crippen MR) is 119 cm³/mol. The molecule has 0 saturated carbocycles. The lowest BCUT2D eigenvalue weighted by Gasteiger charge is -2.08. The van der Waals surface area contributed by atoms with Crippen molar-refractivity contribution in [2.45, 2.75) is 4.90 Å². The van der Waals surface area contributed by atoms with Crippen LogP contribution in [0, 0.1) is 10.1 Å². The summed E-state index contributed by atoms with van der Waals surface area (Å²) in [7, 11) is 1.96. The number of nitrogens with one attached hydrogen (secondary N) is 1. The number of para-hydroxylation sites is 2. The fourth-order valence-corrected chi connectivity index (χ4v) is 3.73. The second kappa shape index (κ2) is 8.00. The molecule has 30 heavy (non-hydrogen) atoms. The van der Waals surface area contributed by atoms with Gasteiger partial charge in [0, 0.05) is 29.3 Å². The first-order valence-corrected chi connectivity index (χ1v) is 10.4. The largest absolute Gasteiger partial charge is 0.327 e. The number of hydrogen-bond acceptors (Lipinski definition) is 5. The summed E-state index contributed by atoms with van der Waals surface area (Å²) in [6.45, 7) is 0. The van der Waals surface area contributed by atoms with Crippen molar-refractivity contribution in [2.24, 2.45) is 7.05 Å². The number of fused-ring (bicyclic) bond motifs is 1. The summed E-state index contributed by atoms with van der Waals surface area (Å²) in [6, 6.07) is 19.7. The van der Waals surface area contributed by atoms with Gasteiger partial charge in [0.05, 0.1) is 16.0 Å². The number of benzene rings is 3. The van der Waals surface area contributed by atoms with Gasteiger partial charge in [-0.05, 0) is 54.8 Å². The van der Waals surface area contributed by atoms with Gasteiger partial charge >= 0.3 is 0 Å². The predicted octanol–water partition coefficient (Wildman–Crippen LogP) is 5.12. The third-order valence-electron chi connectivity index (χ3n) is 4.83. The number of nitro groups is 1. The molecule has 4 aromatic rings. The third kappa shape index (κ3) is 3.65. The molecule has 8 heteroatoms. The van der Waals surface area contributed by atoms with Gasteiger partial charge in [-0.1, -0.05) is 12.1 Å². The van der Waals surface area contributed by atoms with Crippen LogP contribution in [0.1, 0.15) is 10.4 Å². The van der Waals surface area contributed by atoms with E-state index in [1.165, 1.54) is 23.9 Å². The van der Waals surface area contributed by atoms with E-state index in [0.717, 1.165) is 27.3 Å². The molecule has 1 heterocycles. The number of anilines is 1. The summed E-state index contributed by atoms with van der Waals surface area (Å²) in [5.41, 5.74) is 3.21. The number of thioether (sulfide) groups is 1. The zero-order chi connectivity index (χ0) is 21.3. The molecule has 7 nitrogen and oxygen atoms in total. The summed E-state index contributed by atoms with van der Waals surface area (Å²) in [5, 5.41) is 14.0. The molecule has 150 valence electrons. The molecule has 3 aromatic carbocycles. The Bertz CT molecular complexity index is 1270. The molecule has 1 aromatic heterocycles. The summed E-state index contributed by atoms with van der Waals surface area (Å²) in [6.07, 6.45) is 1.85. The van der Waals surface area contributed by atoms with Crippen molar-refractivity contribution < 1.29 is 9.72 Å². The van der Waals surface area contributed by atoms with Gasteiger partial charge in [0.25, 0.3) is 11.6 Å². The Morgan fingerprint density at radius 2 is 1.83 bits per heavy atom. The lowest BCUT2D eigenvalue weighted by molar-refractivity contribution is -0.385. The smallest absolute Gasteiger partial charge is 0.282 e. The summed E-state index contributed by atoms with van der Waals surface area (Å²) < 4.78 is 2.01. The minimum absolute atomic E-state index is 0.0336. The highest BCUT2D eigenvalue weighted by Gasteiger charge is 2.21. The van der Waals surface area contributed by atoms with Crippen LogP contribution in [0.2, 0.25) is 0 Å². The monoisotopic (exact) mass is 418 g/mol. The maximum atomic E-state index is 12.7. The standard InChI is InChI=1S/C22H18N4O3S/c1-25-20-6-4-3-5-18(20)24-21(25)14-7-9-15(10-8-14)23-22(27)17-13-16(30-2)11-12-19(17)26(28)29/h3-13H,1-2H3,(H,23,27). The third-order valence-corrected chi connectivity index (χ3v) is 5.56. The molecule has 4 rings (SSSR count). The zero-order valence-electron chi connectivity index (χ0n) is 16.3. The number of nitro benzene ring substituents is 1. The van der Waals surface area contributed by atoms with Crippen LogP contribution < -0.4 is 5.32 Å². The zero-order valence-corrected chi connectivity index (χ0v) is 17.1. The Labute approximate surface area is 176 Å². The molecule has 1 amide bonds. The van der Waals surface area contributed by atoms with Gasteiger partial charge in [-0.15, -0.1) is 11.8 Å². The average Bonchev–Trinajstić information content (AvgIpc) is 3.10. The van der Waals surface area contributed by atoms with Crippen molar-refractivity contribution in [3.63, 3.8) is 0 Å². The molecule has 0 aliphatic heterocycles.